The standard InChI is InChI=1S/C18H18N2O2/c1-13-17(14-8-5-4-6-9-14)20(12-19-13)15-10-7-11-16(21-2)18(15)22-3/h4-12H,1-3H3. The predicted molar refractivity (Wildman–Crippen MR) is 86.8 cm³/mol. The van der Waals surface area contributed by atoms with Crippen LogP contribution in [0, 0.1) is 6.92 Å². The Bertz CT molecular complexity index is 779. The zero-order valence-electron chi connectivity index (χ0n) is 12.9. The number of para-hydroxylation sites is 1. The third kappa shape index (κ3) is 2.33. The molecule has 0 saturated heterocycles. The van der Waals surface area contributed by atoms with E-state index in [1.54, 1.807) is 14.2 Å². The molecule has 0 bridgehead atoms. The van der Waals surface area contributed by atoms with Crippen LogP contribution < -0.4 is 9.47 Å². The second-order valence-electron chi connectivity index (χ2n) is 4.93. The van der Waals surface area contributed by atoms with Crippen molar-refractivity contribution in [2.75, 3.05) is 14.2 Å². The Hall–Kier alpha value is -2.75. The van der Waals surface area contributed by atoms with E-state index in [4.69, 9.17) is 9.47 Å². The van der Waals surface area contributed by atoms with E-state index < -0.39 is 0 Å². The largest absolute Gasteiger partial charge is 0.493 e. The van der Waals surface area contributed by atoms with E-state index in [0.29, 0.717) is 11.5 Å². The minimum absolute atomic E-state index is 0.694. The molecule has 0 radical (unpaired) electrons. The van der Waals surface area contributed by atoms with Gasteiger partial charge in [0.1, 0.15) is 6.33 Å². The molecule has 3 aromatic rings. The summed E-state index contributed by atoms with van der Waals surface area (Å²) in [6.45, 7) is 2.01. The van der Waals surface area contributed by atoms with Gasteiger partial charge in [0.2, 0.25) is 0 Å². The Kier molecular flexibility index (Phi) is 3.83. The molecule has 0 spiro atoms. The van der Waals surface area contributed by atoms with Gasteiger partial charge in [-0.05, 0) is 19.1 Å². The minimum Gasteiger partial charge on any atom is -0.493 e. The number of methoxy groups -OCH3 is 2. The molecule has 1 aromatic heterocycles. The van der Waals surface area contributed by atoms with Crippen molar-refractivity contribution in [2.24, 2.45) is 0 Å². The highest BCUT2D eigenvalue weighted by atomic mass is 16.5. The normalized spacial score (nSPS) is 10.5. The first-order chi connectivity index (χ1) is 10.8. The Morgan fingerprint density at radius 1 is 0.909 bits per heavy atom. The Balaban J connectivity index is 2.23. The third-order valence-electron chi connectivity index (χ3n) is 3.64. The lowest BCUT2D eigenvalue weighted by atomic mass is 10.1. The molecule has 0 atom stereocenters. The molecule has 0 aliphatic rings. The lowest BCUT2D eigenvalue weighted by Gasteiger charge is -2.15. The third-order valence-corrected chi connectivity index (χ3v) is 3.64. The van der Waals surface area contributed by atoms with E-state index in [2.05, 4.69) is 17.1 Å². The Labute approximate surface area is 130 Å². The van der Waals surface area contributed by atoms with Crippen molar-refractivity contribution in [1.82, 2.24) is 9.55 Å². The quantitative estimate of drug-likeness (QED) is 0.733. The summed E-state index contributed by atoms with van der Waals surface area (Å²) in [4.78, 5) is 4.47. The highest BCUT2D eigenvalue weighted by Crippen LogP contribution is 2.36. The molecule has 4 nitrogen and oxygen atoms in total. The number of aryl methyl sites for hydroxylation is 1. The van der Waals surface area contributed by atoms with Gasteiger partial charge in [-0.1, -0.05) is 36.4 Å². The molecular weight excluding hydrogens is 276 g/mol. The molecule has 3 rings (SSSR count). The molecule has 0 amide bonds. The maximum atomic E-state index is 5.55. The molecule has 0 aliphatic carbocycles. The zero-order chi connectivity index (χ0) is 15.5. The van der Waals surface area contributed by atoms with E-state index in [0.717, 1.165) is 22.6 Å². The van der Waals surface area contributed by atoms with Gasteiger partial charge in [-0.25, -0.2) is 4.98 Å². The molecule has 0 unspecified atom stereocenters. The van der Waals surface area contributed by atoms with Crippen molar-refractivity contribution in [2.45, 2.75) is 6.92 Å². The minimum atomic E-state index is 0.694. The summed E-state index contributed by atoms with van der Waals surface area (Å²) < 4.78 is 13.0. The van der Waals surface area contributed by atoms with Crippen molar-refractivity contribution in [3.8, 4) is 28.4 Å². The predicted octanol–water partition coefficient (Wildman–Crippen LogP) is 3.86. The van der Waals surface area contributed by atoms with Gasteiger partial charge in [-0.3, -0.25) is 4.57 Å². The second kappa shape index (κ2) is 5.93. The molecule has 22 heavy (non-hydrogen) atoms. The Morgan fingerprint density at radius 3 is 2.36 bits per heavy atom. The van der Waals surface area contributed by atoms with Crippen LogP contribution >= 0.6 is 0 Å². The van der Waals surface area contributed by atoms with Gasteiger partial charge in [-0.15, -0.1) is 0 Å². The van der Waals surface area contributed by atoms with Crippen LogP contribution in [0.2, 0.25) is 0 Å². The fourth-order valence-corrected chi connectivity index (χ4v) is 2.62. The van der Waals surface area contributed by atoms with Gasteiger partial charge >= 0.3 is 0 Å². The molecule has 0 N–H and O–H groups in total. The number of benzene rings is 2. The van der Waals surface area contributed by atoms with Crippen LogP contribution in [0.25, 0.3) is 16.9 Å². The van der Waals surface area contributed by atoms with E-state index in [-0.39, 0.29) is 0 Å². The first-order valence-corrected chi connectivity index (χ1v) is 7.07. The van der Waals surface area contributed by atoms with Gasteiger partial charge < -0.3 is 9.47 Å². The van der Waals surface area contributed by atoms with Gasteiger partial charge in [0.25, 0.3) is 0 Å². The lowest BCUT2D eigenvalue weighted by Crippen LogP contribution is -2.01. The molecule has 0 saturated carbocycles. The smallest absolute Gasteiger partial charge is 0.184 e. The van der Waals surface area contributed by atoms with Gasteiger partial charge in [0.05, 0.1) is 31.3 Å². The number of ether oxygens (including phenoxy) is 2. The number of imidazole rings is 1. The van der Waals surface area contributed by atoms with Gasteiger partial charge in [-0.2, -0.15) is 0 Å². The Morgan fingerprint density at radius 2 is 1.68 bits per heavy atom. The van der Waals surface area contributed by atoms with E-state index in [1.165, 1.54) is 0 Å². The van der Waals surface area contributed by atoms with Crippen LogP contribution in [0.4, 0.5) is 0 Å². The SMILES string of the molecule is COc1cccc(-n2cnc(C)c2-c2ccccc2)c1OC. The fourth-order valence-electron chi connectivity index (χ4n) is 2.62. The van der Waals surface area contributed by atoms with Gasteiger partial charge in [0, 0.05) is 5.56 Å². The molecule has 2 aromatic carbocycles. The number of hydrogen-bond acceptors (Lipinski definition) is 3. The van der Waals surface area contributed by atoms with Crippen LogP contribution in [-0.2, 0) is 0 Å². The summed E-state index contributed by atoms with van der Waals surface area (Å²) in [6, 6.07) is 16.0. The second-order valence-corrected chi connectivity index (χ2v) is 4.93. The zero-order valence-corrected chi connectivity index (χ0v) is 12.9. The van der Waals surface area contributed by atoms with Crippen LogP contribution in [-0.4, -0.2) is 23.8 Å². The first-order valence-electron chi connectivity index (χ1n) is 7.07. The molecule has 112 valence electrons. The van der Waals surface area contributed by atoms with Crippen LogP contribution in [0.1, 0.15) is 5.69 Å². The monoisotopic (exact) mass is 294 g/mol. The van der Waals surface area contributed by atoms with Crippen LogP contribution in [0.15, 0.2) is 54.9 Å². The number of rotatable bonds is 4. The molecule has 4 heteroatoms. The summed E-state index contributed by atoms with van der Waals surface area (Å²) in [5, 5.41) is 0. The highest BCUT2D eigenvalue weighted by molar-refractivity contribution is 5.67. The van der Waals surface area contributed by atoms with E-state index >= 15 is 0 Å². The number of nitrogens with zero attached hydrogens (tertiary/aromatic N) is 2. The summed E-state index contributed by atoms with van der Waals surface area (Å²) in [6.07, 6.45) is 1.81. The highest BCUT2D eigenvalue weighted by Gasteiger charge is 2.16. The van der Waals surface area contributed by atoms with Crippen molar-refractivity contribution < 1.29 is 9.47 Å². The van der Waals surface area contributed by atoms with Crippen molar-refractivity contribution in [1.29, 1.82) is 0 Å². The van der Waals surface area contributed by atoms with E-state index in [9.17, 15) is 0 Å². The number of aromatic nitrogens is 2. The van der Waals surface area contributed by atoms with Gasteiger partial charge in [0.15, 0.2) is 11.5 Å². The molecular formula is C18H18N2O2. The summed E-state index contributed by atoms with van der Waals surface area (Å²) >= 11 is 0. The topological polar surface area (TPSA) is 36.3 Å². The maximum absolute atomic E-state index is 5.55. The first kappa shape index (κ1) is 14.2. The van der Waals surface area contributed by atoms with E-state index in [1.807, 2.05) is 54.2 Å². The molecule has 0 aliphatic heterocycles. The van der Waals surface area contributed by atoms with Crippen LogP contribution in [0.5, 0.6) is 11.5 Å². The summed E-state index contributed by atoms with van der Waals surface area (Å²) in [7, 11) is 3.28. The van der Waals surface area contributed by atoms with Crippen molar-refractivity contribution in [3.63, 3.8) is 0 Å². The number of hydrogen-bond donors (Lipinski definition) is 0. The lowest BCUT2D eigenvalue weighted by molar-refractivity contribution is 0.354. The van der Waals surface area contributed by atoms with Crippen molar-refractivity contribution >= 4 is 0 Å². The molecule has 0 fully saturated rings. The van der Waals surface area contributed by atoms with Crippen LogP contribution in [0.3, 0.4) is 0 Å². The summed E-state index contributed by atoms with van der Waals surface area (Å²) in [5.41, 5.74) is 4.03. The molecule has 1 heterocycles. The van der Waals surface area contributed by atoms with Crippen molar-refractivity contribution in [3.05, 3.63) is 60.6 Å². The fraction of sp³-hybridized carbons (Fsp3) is 0.167. The average Bonchev–Trinajstić information content (AvgIpc) is 2.96. The summed E-state index contributed by atoms with van der Waals surface area (Å²) in [5.74, 6) is 1.39. The maximum Gasteiger partial charge on any atom is 0.184 e. The average molecular weight is 294 g/mol.